The number of benzene rings is 3. The molecule has 0 aliphatic heterocycles. The number of ether oxygens (including phenoxy) is 2. The van der Waals surface area contributed by atoms with E-state index in [1.54, 1.807) is 19.3 Å². The van der Waals surface area contributed by atoms with Crippen molar-refractivity contribution in [3.8, 4) is 23.0 Å². The molecule has 0 bridgehead atoms. The molecule has 0 atom stereocenters. The number of aryl methyl sites for hydroxylation is 1. The van der Waals surface area contributed by atoms with Crippen molar-refractivity contribution in [3.63, 3.8) is 0 Å². The van der Waals surface area contributed by atoms with Crippen LogP contribution >= 0.6 is 11.6 Å². The summed E-state index contributed by atoms with van der Waals surface area (Å²) in [6.45, 7) is 2.19. The summed E-state index contributed by atoms with van der Waals surface area (Å²) in [5.41, 5.74) is 2.70. The molecule has 0 radical (unpaired) electrons. The minimum absolute atomic E-state index is 0.107. The summed E-state index contributed by atoms with van der Waals surface area (Å²) >= 11 is 6.23. The third-order valence-corrected chi connectivity index (χ3v) is 4.74. The molecule has 0 unspecified atom stereocenters. The summed E-state index contributed by atoms with van der Waals surface area (Å²) in [6, 6.07) is 14.9. The molecule has 0 heterocycles. The van der Waals surface area contributed by atoms with E-state index in [4.69, 9.17) is 21.1 Å². The first kappa shape index (κ1) is 21.3. The summed E-state index contributed by atoms with van der Waals surface area (Å²) in [7, 11) is 1.57. The van der Waals surface area contributed by atoms with Crippen molar-refractivity contribution < 1.29 is 24.5 Å². The van der Waals surface area contributed by atoms with Crippen LogP contribution in [0, 0.1) is 6.92 Å². The van der Waals surface area contributed by atoms with Gasteiger partial charge in [-0.25, -0.2) is 0 Å². The van der Waals surface area contributed by atoms with Gasteiger partial charge in [-0.3, -0.25) is 4.79 Å². The van der Waals surface area contributed by atoms with Gasteiger partial charge in [0.2, 0.25) is 0 Å². The Bertz CT molecular complexity index is 1100. The van der Waals surface area contributed by atoms with Crippen molar-refractivity contribution in [2.75, 3.05) is 7.11 Å². The topological polar surface area (TPSA) is 76.0 Å². The first-order valence-electron chi connectivity index (χ1n) is 9.17. The van der Waals surface area contributed by atoms with Gasteiger partial charge in [0, 0.05) is 11.6 Å². The van der Waals surface area contributed by atoms with E-state index in [-0.39, 0.29) is 29.5 Å². The van der Waals surface area contributed by atoms with E-state index < -0.39 is 0 Å². The zero-order valence-electron chi connectivity index (χ0n) is 16.6. The summed E-state index contributed by atoms with van der Waals surface area (Å²) in [4.78, 5) is 12.3. The van der Waals surface area contributed by atoms with Gasteiger partial charge in [-0.1, -0.05) is 29.8 Å². The van der Waals surface area contributed by atoms with Gasteiger partial charge in [0.25, 0.3) is 0 Å². The van der Waals surface area contributed by atoms with Crippen LogP contribution in [0.25, 0.3) is 6.08 Å². The number of allylic oxidation sites excluding steroid dienone is 1. The molecule has 30 heavy (non-hydrogen) atoms. The molecular weight excluding hydrogens is 404 g/mol. The number of halogens is 1. The lowest BCUT2D eigenvalue weighted by atomic mass is 10.1. The maximum Gasteiger partial charge on any atom is 0.189 e. The summed E-state index contributed by atoms with van der Waals surface area (Å²) in [5, 5.41) is 19.7. The number of hydrogen-bond acceptors (Lipinski definition) is 5. The van der Waals surface area contributed by atoms with Gasteiger partial charge in [0.05, 0.1) is 17.7 Å². The molecule has 0 amide bonds. The lowest BCUT2D eigenvalue weighted by Gasteiger charge is -2.12. The Labute approximate surface area is 179 Å². The molecule has 3 aromatic rings. The maximum absolute atomic E-state index is 12.3. The molecule has 0 saturated carbocycles. The average Bonchev–Trinajstić information content (AvgIpc) is 2.71. The van der Waals surface area contributed by atoms with Crippen LogP contribution in [0.2, 0.25) is 5.02 Å². The smallest absolute Gasteiger partial charge is 0.189 e. The second-order valence-corrected chi connectivity index (χ2v) is 7.10. The second kappa shape index (κ2) is 9.37. The number of phenolic OH excluding ortho intramolecular Hbond substituents is 2. The third-order valence-electron chi connectivity index (χ3n) is 4.45. The van der Waals surface area contributed by atoms with E-state index in [0.29, 0.717) is 16.5 Å². The molecule has 3 rings (SSSR count). The number of rotatable bonds is 7. The Morgan fingerprint density at radius 1 is 1.03 bits per heavy atom. The number of ketones is 1. The predicted molar refractivity (Wildman–Crippen MR) is 117 cm³/mol. The van der Waals surface area contributed by atoms with Crippen LogP contribution in [0.5, 0.6) is 23.0 Å². The van der Waals surface area contributed by atoms with E-state index in [9.17, 15) is 15.0 Å². The Hall–Kier alpha value is -3.44. The summed E-state index contributed by atoms with van der Waals surface area (Å²) in [6.07, 6.45) is 2.99. The van der Waals surface area contributed by atoms with E-state index in [1.807, 2.05) is 37.3 Å². The van der Waals surface area contributed by atoms with Crippen molar-refractivity contribution in [1.29, 1.82) is 0 Å². The molecule has 2 N–H and O–H groups in total. The predicted octanol–water partition coefficient (Wildman–Crippen LogP) is 5.54. The highest BCUT2D eigenvalue weighted by atomic mass is 35.5. The minimum Gasteiger partial charge on any atom is -0.508 e. The third kappa shape index (κ3) is 5.13. The van der Waals surface area contributed by atoms with Crippen LogP contribution in [-0.2, 0) is 6.61 Å². The number of carbonyl (C=O) groups is 1. The van der Waals surface area contributed by atoms with Gasteiger partial charge in [0.1, 0.15) is 29.6 Å². The molecule has 0 aliphatic rings. The van der Waals surface area contributed by atoms with Crippen LogP contribution in [-0.4, -0.2) is 23.1 Å². The van der Waals surface area contributed by atoms with Crippen molar-refractivity contribution in [2.24, 2.45) is 0 Å². The highest BCUT2D eigenvalue weighted by Crippen LogP contribution is 2.28. The normalized spacial score (nSPS) is 10.9. The monoisotopic (exact) mass is 424 g/mol. The molecule has 0 aromatic heterocycles. The van der Waals surface area contributed by atoms with Gasteiger partial charge in [-0.2, -0.15) is 0 Å². The first-order chi connectivity index (χ1) is 14.4. The highest BCUT2D eigenvalue weighted by molar-refractivity contribution is 6.32. The van der Waals surface area contributed by atoms with Crippen molar-refractivity contribution >= 4 is 23.5 Å². The van der Waals surface area contributed by atoms with Crippen LogP contribution in [0.3, 0.4) is 0 Å². The Kier molecular flexibility index (Phi) is 6.65. The molecule has 0 spiro atoms. The largest absolute Gasteiger partial charge is 0.508 e. The van der Waals surface area contributed by atoms with Crippen molar-refractivity contribution in [1.82, 2.24) is 0 Å². The molecule has 3 aromatic carbocycles. The van der Waals surface area contributed by atoms with E-state index >= 15 is 0 Å². The second-order valence-electron chi connectivity index (χ2n) is 6.69. The van der Waals surface area contributed by atoms with Gasteiger partial charge in [-0.05, 0) is 60.5 Å². The fourth-order valence-electron chi connectivity index (χ4n) is 2.88. The van der Waals surface area contributed by atoms with Crippen molar-refractivity contribution in [3.05, 3.63) is 87.9 Å². The number of hydrogen-bond donors (Lipinski definition) is 2. The first-order valence-corrected chi connectivity index (χ1v) is 9.55. The molecule has 0 saturated heterocycles. The molecule has 0 aliphatic carbocycles. The van der Waals surface area contributed by atoms with E-state index in [1.165, 1.54) is 18.2 Å². The molecule has 154 valence electrons. The lowest BCUT2D eigenvalue weighted by molar-refractivity contribution is 0.104. The van der Waals surface area contributed by atoms with Crippen LogP contribution < -0.4 is 9.47 Å². The van der Waals surface area contributed by atoms with Crippen molar-refractivity contribution in [2.45, 2.75) is 13.5 Å². The number of phenols is 2. The molecule has 5 nitrogen and oxygen atoms in total. The Morgan fingerprint density at radius 3 is 2.50 bits per heavy atom. The van der Waals surface area contributed by atoms with Crippen LogP contribution in [0.15, 0.2) is 60.7 Å². The van der Waals surface area contributed by atoms with E-state index in [2.05, 4.69) is 0 Å². The van der Waals surface area contributed by atoms with Gasteiger partial charge >= 0.3 is 0 Å². The lowest BCUT2D eigenvalue weighted by Crippen LogP contribution is -2.00. The molecule has 0 fully saturated rings. The molecule has 6 heteroatoms. The maximum atomic E-state index is 12.3. The summed E-state index contributed by atoms with van der Waals surface area (Å²) < 4.78 is 11.2. The zero-order valence-corrected chi connectivity index (χ0v) is 17.3. The van der Waals surface area contributed by atoms with Gasteiger partial charge in [0.15, 0.2) is 5.78 Å². The van der Waals surface area contributed by atoms with Crippen LogP contribution in [0.4, 0.5) is 0 Å². The number of aromatic hydroxyl groups is 2. The SMILES string of the molecule is COc1ccc(/C=C/C(=O)c2ccc(O)cc2O)cc1COc1ccc(C)cc1Cl. The zero-order chi connectivity index (χ0) is 21.7. The standard InChI is InChI=1S/C24H21ClO5/c1-15-3-9-24(20(25)11-15)30-14-17-12-16(5-10-23(17)29-2)4-8-21(27)19-7-6-18(26)13-22(19)28/h3-13,26,28H,14H2,1-2H3/b8-4+. The fraction of sp³-hybridized carbons (Fsp3) is 0.125. The number of methoxy groups -OCH3 is 1. The minimum atomic E-state index is -0.382. The Balaban J connectivity index is 1.78. The average molecular weight is 425 g/mol. The van der Waals surface area contributed by atoms with Gasteiger partial charge < -0.3 is 19.7 Å². The van der Waals surface area contributed by atoms with E-state index in [0.717, 1.165) is 22.8 Å². The quantitative estimate of drug-likeness (QED) is 0.384. The number of carbonyl (C=O) groups excluding carboxylic acids is 1. The Morgan fingerprint density at radius 2 is 1.80 bits per heavy atom. The van der Waals surface area contributed by atoms with Crippen LogP contribution in [0.1, 0.15) is 27.0 Å². The molecular formula is C24H21ClO5. The highest BCUT2D eigenvalue weighted by Gasteiger charge is 2.10. The van der Waals surface area contributed by atoms with Gasteiger partial charge in [-0.15, -0.1) is 0 Å². The summed E-state index contributed by atoms with van der Waals surface area (Å²) in [5.74, 6) is 0.457. The fourth-order valence-corrected chi connectivity index (χ4v) is 3.17.